The second kappa shape index (κ2) is 6.35. The average Bonchev–Trinajstić information content (AvgIpc) is 2.40. The number of ether oxygens (including phenoxy) is 1. The van der Waals surface area contributed by atoms with Gasteiger partial charge in [0.15, 0.2) is 0 Å². The molecule has 2 rings (SSSR count). The van der Waals surface area contributed by atoms with Gasteiger partial charge in [-0.15, -0.1) is 0 Å². The number of hydrogen-bond acceptors (Lipinski definition) is 2. The predicted molar refractivity (Wildman–Crippen MR) is 76.1 cm³/mol. The Bertz CT molecular complexity index is 369. The Labute approximate surface area is 111 Å². The molecule has 1 aliphatic rings. The van der Waals surface area contributed by atoms with Crippen LogP contribution in [-0.2, 0) is 10.2 Å². The summed E-state index contributed by atoms with van der Waals surface area (Å²) in [5, 5.41) is 3.61. The molecular formula is C16H25NO. The molecule has 0 radical (unpaired) electrons. The van der Waals surface area contributed by atoms with E-state index in [1.165, 1.54) is 17.5 Å². The Morgan fingerprint density at radius 1 is 1.28 bits per heavy atom. The van der Waals surface area contributed by atoms with Crippen LogP contribution >= 0.6 is 0 Å². The molecule has 0 aromatic heterocycles. The van der Waals surface area contributed by atoms with Gasteiger partial charge in [0.1, 0.15) is 0 Å². The standard InChI is InChI=1S/C16H25NO/c1-3-9-17-13-16(7-10-18-11-8-16)15-6-4-5-14(2)12-15/h4-6,12,17H,3,7-11,13H2,1-2H3. The highest BCUT2D eigenvalue weighted by Gasteiger charge is 2.33. The van der Waals surface area contributed by atoms with Crippen LogP contribution in [0, 0.1) is 6.92 Å². The second-order valence-electron chi connectivity index (χ2n) is 5.44. The minimum Gasteiger partial charge on any atom is -0.381 e. The normalized spacial score (nSPS) is 18.8. The van der Waals surface area contributed by atoms with Gasteiger partial charge in [-0.2, -0.15) is 0 Å². The highest BCUT2D eigenvalue weighted by atomic mass is 16.5. The minimum absolute atomic E-state index is 0.277. The Balaban J connectivity index is 2.17. The van der Waals surface area contributed by atoms with E-state index in [9.17, 15) is 0 Å². The van der Waals surface area contributed by atoms with Gasteiger partial charge in [0.25, 0.3) is 0 Å². The van der Waals surface area contributed by atoms with Gasteiger partial charge in [0, 0.05) is 25.2 Å². The summed E-state index contributed by atoms with van der Waals surface area (Å²) in [6.45, 7) is 8.36. The number of benzene rings is 1. The van der Waals surface area contributed by atoms with E-state index in [1.807, 2.05) is 0 Å². The van der Waals surface area contributed by atoms with Gasteiger partial charge in [-0.1, -0.05) is 36.8 Å². The lowest BCUT2D eigenvalue weighted by Gasteiger charge is -2.38. The highest BCUT2D eigenvalue weighted by molar-refractivity contribution is 5.30. The van der Waals surface area contributed by atoms with Crippen molar-refractivity contribution in [2.24, 2.45) is 0 Å². The van der Waals surface area contributed by atoms with Crippen molar-refractivity contribution in [3.63, 3.8) is 0 Å². The molecule has 1 saturated heterocycles. The topological polar surface area (TPSA) is 21.3 Å². The summed E-state index contributed by atoms with van der Waals surface area (Å²) in [6.07, 6.45) is 3.46. The van der Waals surface area contributed by atoms with Crippen molar-refractivity contribution in [3.8, 4) is 0 Å². The Hall–Kier alpha value is -0.860. The maximum atomic E-state index is 5.56. The molecule has 1 aromatic carbocycles. The quantitative estimate of drug-likeness (QED) is 0.808. The maximum Gasteiger partial charge on any atom is 0.0475 e. The van der Waals surface area contributed by atoms with E-state index in [4.69, 9.17) is 4.74 Å². The molecule has 1 N–H and O–H groups in total. The number of aryl methyl sites for hydroxylation is 1. The van der Waals surface area contributed by atoms with E-state index < -0.39 is 0 Å². The molecule has 100 valence electrons. The first-order valence-electron chi connectivity index (χ1n) is 7.12. The zero-order valence-corrected chi connectivity index (χ0v) is 11.7. The molecule has 1 aliphatic heterocycles. The SMILES string of the molecule is CCCNCC1(c2cccc(C)c2)CCOCC1. The van der Waals surface area contributed by atoms with Gasteiger partial charge in [0.2, 0.25) is 0 Å². The molecule has 0 aliphatic carbocycles. The van der Waals surface area contributed by atoms with E-state index >= 15 is 0 Å². The van der Waals surface area contributed by atoms with Gasteiger partial charge in [-0.05, 0) is 38.3 Å². The molecule has 0 bridgehead atoms. The molecule has 18 heavy (non-hydrogen) atoms. The summed E-state index contributed by atoms with van der Waals surface area (Å²) in [6, 6.07) is 8.99. The van der Waals surface area contributed by atoms with Crippen molar-refractivity contribution in [2.75, 3.05) is 26.3 Å². The van der Waals surface area contributed by atoms with Crippen LogP contribution in [0.2, 0.25) is 0 Å². The van der Waals surface area contributed by atoms with Crippen LogP contribution in [0.5, 0.6) is 0 Å². The van der Waals surface area contributed by atoms with Gasteiger partial charge >= 0.3 is 0 Å². The molecular weight excluding hydrogens is 222 g/mol. The summed E-state index contributed by atoms with van der Waals surface area (Å²) in [5.74, 6) is 0. The van der Waals surface area contributed by atoms with Gasteiger partial charge in [0.05, 0.1) is 0 Å². The Morgan fingerprint density at radius 3 is 2.72 bits per heavy atom. The molecule has 0 unspecified atom stereocenters. The summed E-state index contributed by atoms with van der Waals surface area (Å²) in [4.78, 5) is 0. The van der Waals surface area contributed by atoms with E-state index in [0.29, 0.717) is 0 Å². The van der Waals surface area contributed by atoms with Crippen LogP contribution in [0.1, 0.15) is 37.3 Å². The van der Waals surface area contributed by atoms with Crippen molar-refractivity contribution in [3.05, 3.63) is 35.4 Å². The van der Waals surface area contributed by atoms with Crippen LogP contribution in [0.4, 0.5) is 0 Å². The lowest BCUT2D eigenvalue weighted by Crippen LogP contribution is -2.43. The van der Waals surface area contributed by atoms with Crippen molar-refractivity contribution in [2.45, 2.75) is 38.5 Å². The number of hydrogen-bond donors (Lipinski definition) is 1. The molecule has 2 heteroatoms. The summed E-state index contributed by atoms with van der Waals surface area (Å²) in [7, 11) is 0. The van der Waals surface area contributed by atoms with Crippen LogP contribution in [0.15, 0.2) is 24.3 Å². The summed E-state index contributed by atoms with van der Waals surface area (Å²) < 4.78 is 5.56. The lowest BCUT2D eigenvalue weighted by atomic mass is 9.73. The van der Waals surface area contributed by atoms with Gasteiger partial charge in [-0.3, -0.25) is 0 Å². The van der Waals surface area contributed by atoms with E-state index in [1.54, 1.807) is 0 Å². The minimum atomic E-state index is 0.277. The number of rotatable bonds is 5. The maximum absolute atomic E-state index is 5.56. The van der Waals surface area contributed by atoms with E-state index in [0.717, 1.165) is 39.1 Å². The zero-order chi connectivity index (χ0) is 12.8. The first-order chi connectivity index (χ1) is 8.77. The third kappa shape index (κ3) is 3.12. The van der Waals surface area contributed by atoms with Crippen LogP contribution < -0.4 is 5.32 Å². The second-order valence-corrected chi connectivity index (χ2v) is 5.44. The lowest BCUT2D eigenvalue weighted by molar-refractivity contribution is 0.0499. The monoisotopic (exact) mass is 247 g/mol. The third-order valence-electron chi connectivity index (χ3n) is 3.97. The Kier molecular flexibility index (Phi) is 4.79. The molecule has 0 spiro atoms. The first-order valence-corrected chi connectivity index (χ1v) is 7.12. The predicted octanol–water partition coefficient (Wildman–Crippen LogP) is 3.04. The van der Waals surface area contributed by atoms with Crippen LogP contribution in [0.3, 0.4) is 0 Å². The smallest absolute Gasteiger partial charge is 0.0475 e. The highest BCUT2D eigenvalue weighted by Crippen LogP contribution is 2.34. The van der Waals surface area contributed by atoms with Crippen molar-refractivity contribution in [1.82, 2.24) is 5.32 Å². The molecule has 0 saturated carbocycles. The molecule has 0 amide bonds. The fraction of sp³-hybridized carbons (Fsp3) is 0.625. The largest absolute Gasteiger partial charge is 0.381 e. The van der Waals surface area contributed by atoms with Crippen LogP contribution in [0.25, 0.3) is 0 Å². The molecule has 1 heterocycles. The zero-order valence-electron chi connectivity index (χ0n) is 11.7. The van der Waals surface area contributed by atoms with Gasteiger partial charge < -0.3 is 10.1 Å². The third-order valence-corrected chi connectivity index (χ3v) is 3.97. The van der Waals surface area contributed by atoms with Crippen molar-refractivity contribution < 1.29 is 4.74 Å². The first kappa shape index (κ1) is 13.6. The summed E-state index contributed by atoms with van der Waals surface area (Å²) >= 11 is 0. The van der Waals surface area contributed by atoms with E-state index in [-0.39, 0.29) is 5.41 Å². The average molecular weight is 247 g/mol. The van der Waals surface area contributed by atoms with Gasteiger partial charge in [-0.25, -0.2) is 0 Å². The van der Waals surface area contributed by atoms with Crippen molar-refractivity contribution >= 4 is 0 Å². The Morgan fingerprint density at radius 2 is 2.06 bits per heavy atom. The fourth-order valence-corrected chi connectivity index (χ4v) is 2.81. The molecule has 1 fully saturated rings. The molecule has 0 atom stereocenters. The number of nitrogens with one attached hydrogen (secondary N) is 1. The van der Waals surface area contributed by atoms with E-state index in [2.05, 4.69) is 43.4 Å². The van der Waals surface area contributed by atoms with Crippen LogP contribution in [-0.4, -0.2) is 26.3 Å². The fourth-order valence-electron chi connectivity index (χ4n) is 2.81. The molecule has 1 aromatic rings. The van der Waals surface area contributed by atoms with Crippen molar-refractivity contribution in [1.29, 1.82) is 0 Å². The summed E-state index contributed by atoms with van der Waals surface area (Å²) in [5.41, 5.74) is 3.11. The molecule has 2 nitrogen and oxygen atoms in total.